The molecule has 0 radical (unpaired) electrons. The van der Waals surface area contributed by atoms with E-state index in [9.17, 15) is 9.59 Å². The Hall–Kier alpha value is -2.54. The molecule has 0 aliphatic rings. The van der Waals surface area contributed by atoms with Crippen molar-refractivity contribution in [2.24, 2.45) is 0 Å². The number of benzene rings is 2. The third-order valence-electron chi connectivity index (χ3n) is 4.16. The minimum absolute atomic E-state index is 0.0705. The predicted molar refractivity (Wildman–Crippen MR) is 112 cm³/mol. The lowest BCUT2D eigenvalue weighted by Gasteiger charge is -2.12. The van der Waals surface area contributed by atoms with E-state index >= 15 is 0 Å². The van der Waals surface area contributed by atoms with Crippen LogP contribution in [0.2, 0.25) is 0 Å². The number of hydrogen-bond acceptors (Lipinski definition) is 4. The Bertz CT molecular complexity index is 847. The van der Waals surface area contributed by atoms with Gasteiger partial charge in [-0.05, 0) is 50.1 Å². The third kappa shape index (κ3) is 5.99. The lowest BCUT2D eigenvalue weighted by Crippen LogP contribution is -2.37. The Balaban J connectivity index is 1.84. The lowest BCUT2D eigenvalue weighted by molar-refractivity contribution is -0.120. The fourth-order valence-electron chi connectivity index (χ4n) is 2.86. The van der Waals surface area contributed by atoms with Crippen LogP contribution >= 0.6 is 15.9 Å². The quantitative estimate of drug-likeness (QED) is 0.649. The van der Waals surface area contributed by atoms with E-state index in [2.05, 4.69) is 26.6 Å². The van der Waals surface area contributed by atoms with Crippen LogP contribution in [0.5, 0.6) is 11.5 Å². The highest BCUT2D eigenvalue weighted by atomic mass is 79.9. The molecule has 0 aromatic heterocycles. The van der Waals surface area contributed by atoms with Crippen molar-refractivity contribution in [2.45, 2.75) is 20.3 Å². The van der Waals surface area contributed by atoms with E-state index in [1.54, 1.807) is 26.4 Å². The van der Waals surface area contributed by atoms with E-state index in [4.69, 9.17) is 9.47 Å². The molecule has 7 heteroatoms. The highest BCUT2D eigenvalue weighted by molar-refractivity contribution is 9.10. The Labute approximate surface area is 173 Å². The summed E-state index contributed by atoms with van der Waals surface area (Å²) in [6, 6.07) is 9.30. The summed E-state index contributed by atoms with van der Waals surface area (Å²) in [7, 11) is 3.16. The molecule has 2 aromatic carbocycles. The number of halogens is 1. The number of carbonyl (C=O) groups is 2. The van der Waals surface area contributed by atoms with Crippen molar-refractivity contribution in [2.75, 3.05) is 27.3 Å². The molecule has 0 aliphatic carbocycles. The molecule has 0 aliphatic heterocycles. The van der Waals surface area contributed by atoms with Gasteiger partial charge in [0.2, 0.25) is 5.91 Å². The summed E-state index contributed by atoms with van der Waals surface area (Å²) in [4.78, 5) is 24.2. The van der Waals surface area contributed by atoms with Crippen molar-refractivity contribution >= 4 is 27.7 Å². The van der Waals surface area contributed by atoms with Crippen molar-refractivity contribution in [3.8, 4) is 11.5 Å². The maximum atomic E-state index is 12.2. The largest absolute Gasteiger partial charge is 0.493 e. The first kappa shape index (κ1) is 21.8. The molecule has 2 N–H and O–H groups in total. The first-order chi connectivity index (χ1) is 13.3. The van der Waals surface area contributed by atoms with Gasteiger partial charge in [-0.15, -0.1) is 0 Å². The van der Waals surface area contributed by atoms with Gasteiger partial charge < -0.3 is 20.1 Å². The average molecular weight is 449 g/mol. The van der Waals surface area contributed by atoms with Crippen LogP contribution in [0.15, 0.2) is 34.8 Å². The summed E-state index contributed by atoms with van der Waals surface area (Å²) in [6.07, 6.45) is 0.609. The van der Waals surface area contributed by atoms with E-state index < -0.39 is 0 Å². The number of rotatable bonds is 8. The molecule has 0 saturated carbocycles. The molecule has 0 spiro atoms. The fourth-order valence-corrected chi connectivity index (χ4v) is 3.38. The number of nitrogens with one attached hydrogen (secondary N) is 2. The zero-order valence-electron chi connectivity index (χ0n) is 16.5. The van der Waals surface area contributed by atoms with Crippen molar-refractivity contribution in [3.05, 3.63) is 57.1 Å². The maximum absolute atomic E-state index is 12.2. The highest BCUT2D eigenvalue weighted by Crippen LogP contribution is 2.33. The standard InChI is InChI=1S/C21H25BrN2O4/c1-13-7-14(2)9-16(8-13)21(26)24-12-20(25)23-6-5-15-10-18(27-3)19(28-4)11-17(15)22/h7-11H,5-6,12H2,1-4H3,(H,23,25)(H,24,26). The van der Waals surface area contributed by atoms with Gasteiger partial charge in [-0.25, -0.2) is 0 Å². The summed E-state index contributed by atoms with van der Waals surface area (Å²) in [6.45, 7) is 4.23. The van der Waals surface area contributed by atoms with E-state index in [0.717, 1.165) is 21.2 Å². The Kier molecular flexibility index (Phi) is 7.87. The predicted octanol–water partition coefficient (Wildman–Crippen LogP) is 3.17. The molecule has 0 unspecified atom stereocenters. The molecular formula is C21H25BrN2O4. The Morgan fingerprint density at radius 2 is 1.54 bits per heavy atom. The van der Waals surface area contributed by atoms with E-state index in [1.165, 1.54) is 0 Å². The van der Waals surface area contributed by atoms with Gasteiger partial charge in [0.1, 0.15) is 0 Å². The fraction of sp³-hybridized carbons (Fsp3) is 0.333. The monoisotopic (exact) mass is 448 g/mol. The number of carbonyl (C=O) groups excluding carboxylic acids is 2. The SMILES string of the molecule is COc1cc(Br)c(CCNC(=O)CNC(=O)c2cc(C)cc(C)c2)cc1OC. The van der Waals surface area contributed by atoms with E-state index in [-0.39, 0.29) is 18.4 Å². The van der Waals surface area contributed by atoms with Crippen LogP contribution in [0, 0.1) is 13.8 Å². The third-order valence-corrected chi connectivity index (χ3v) is 4.90. The summed E-state index contributed by atoms with van der Waals surface area (Å²) >= 11 is 3.50. The van der Waals surface area contributed by atoms with Crippen molar-refractivity contribution in [3.63, 3.8) is 0 Å². The molecule has 2 amide bonds. The zero-order valence-corrected chi connectivity index (χ0v) is 18.1. The zero-order chi connectivity index (χ0) is 20.7. The smallest absolute Gasteiger partial charge is 0.251 e. The van der Waals surface area contributed by atoms with Crippen molar-refractivity contribution in [1.82, 2.24) is 10.6 Å². The van der Waals surface area contributed by atoms with Gasteiger partial charge in [-0.2, -0.15) is 0 Å². The van der Waals surface area contributed by atoms with Crippen LogP contribution in [-0.2, 0) is 11.2 Å². The van der Waals surface area contributed by atoms with Gasteiger partial charge in [0.05, 0.1) is 20.8 Å². The number of methoxy groups -OCH3 is 2. The normalized spacial score (nSPS) is 10.3. The molecule has 150 valence electrons. The summed E-state index contributed by atoms with van der Waals surface area (Å²) in [5.41, 5.74) is 3.56. The van der Waals surface area contributed by atoms with Crippen LogP contribution in [0.4, 0.5) is 0 Å². The molecule has 2 aromatic rings. The van der Waals surface area contributed by atoms with E-state index in [0.29, 0.717) is 30.0 Å². The van der Waals surface area contributed by atoms with Crippen LogP contribution in [0.1, 0.15) is 27.0 Å². The van der Waals surface area contributed by atoms with Crippen molar-refractivity contribution < 1.29 is 19.1 Å². The summed E-state index contributed by atoms with van der Waals surface area (Å²) in [5.74, 6) is 0.767. The first-order valence-corrected chi connectivity index (χ1v) is 9.67. The molecule has 6 nitrogen and oxygen atoms in total. The second-order valence-electron chi connectivity index (χ2n) is 6.46. The van der Waals surface area contributed by atoms with Gasteiger partial charge >= 0.3 is 0 Å². The summed E-state index contributed by atoms with van der Waals surface area (Å²) in [5, 5.41) is 5.46. The maximum Gasteiger partial charge on any atom is 0.251 e. The van der Waals surface area contributed by atoms with Gasteiger partial charge in [-0.3, -0.25) is 9.59 Å². The van der Waals surface area contributed by atoms with Crippen LogP contribution in [0.25, 0.3) is 0 Å². The average Bonchev–Trinajstić information content (AvgIpc) is 2.66. The van der Waals surface area contributed by atoms with Gasteiger partial charge in [0.15, 0.2) is 11.5 Å². The van der Waals surface area contributed by atoms with Gasteiger partial charge in [0, 0.05) is 16.6 Å². The molecular weight excluding hydrogens is 424 g/mol. The molecule has 0 atom stereocenters. The number of aryl methyl sites for hydroxylation is 2. The number of amides is 2. The van der Waals surface area contributed by atoms with E-state index in [1.807, 2.05) is 32.0 Å². The summed E-state index contributed by atoms with van der Waals surface area (Å²) < 4.78 is 11.4. The molecule has 0 fully saturated rings. The van der Waals surface area contributed by atoms with Crippen molar-refractivity contribution in [1.29, 1.82) is 0 Å². The van der Waals surface area contributed by atoms with Crippen LogP contribution < -0.4 is 20.1 Å². The number of ether oxygens (including phenoxy) is 2. The molecule has 28 heavy (non-hydrogen) atoms. The van der Waals surface area contributed by atoms with Gasteiger partial charge in [-0.1, -0.05) is 33.1 Å². The highest BCUT2D eigenvalue weighted by Gasteiger charge is 2.11. The van der Waals surface area contributed by atoms with Crippen LogP contribution in [-0.4, -0.2) is 39.1 Å². The minimum atomic E-state index is -0.260. The molecule has 0 bridgehead atoms. The second-order valence-corrected chi connectivity index (χ2v) is 7.31. The molecule has 0 heterocycles. The van der Waals surface area contributed by atoms with Crippen LogP contribution in [0.3, 0.4) is 0 Å². The topological polar surface area (TPSA) is 76.7 Å². The first-order valence-electron chi connectivity index (χ1n) is 8.87. The Morgan fingerprint density at radius 1 is 0.929 bits per heavy atom. The lowest BCUT2D eigenvalue weighted by atomic mass is 10.1. The second kappa shape index (κ2) is 10.1. The van der Waals surface area contributed by atoms with Gasteiger partial charge in [0.25, 0.3) is 5.91 Å². The molecule has 0 saturated heterocycles. The number of hydrogen-bond donors (Lipinski definition) is 2. The molecule has 2 rings (SSSR count). The minimum Gasteiger partial charge on any atom is -0.493 e. The Morgan fingerprint density at radius 3 is 2.14 bits per heavy atom.